The van der Waals surface area contributed by atoms with E-state index < -0.39 is 0 Å². The van der Waals surface area contributed by atoms with E-state index in [4.69, 9.17) is 9.15 Å². The maximum absolute atomic E-state index is 12.8. The molecule has 166 valence electrons. The first-order valence-electron chi connectivity index (χ1n) is 10.6. The normalized spacial score (nSPS) is 14.3. The van der Waals surface area contributed by atoms with E-state index in [1.54, 1.807) is 6.26 Å². The first-order chi connectivity index (χ1) is 15.6. The van der Waals surface area contributed by atoms with Crippen molar-refractivity contribution in [1.82, 2.24) is 4.90 Å². The molecule has 0 bridgehead atoms. The minimum atomic E-state index is -0.108. The van der Waals surface area contributed by atoms with E-state index in [9.17, 15) is 9.59 Å². The van der Waals surface area contributed by atoms with Gasteiger partial charge in [-0.1, -0.05) is 28.1 Å². The van der Waals surface area contributed by atoms with Gasteiger partial charge < -0.3 is 19.4 Å². The molecule has 0 unspecified atom stereocenters. The van der Waals surface area contributed by atoms with Crippen LogP contribution in [0.3, 0.4) is 0 Å². The lowest BCUT2D eigenvalue weighted by molar-refractivity contribution is -0.121. The van der Waals surface area contributed by atoms with Crippen molar-refractivity contribution in [3.05, 3.63) is 88.3 Å². The zero-order valence-electron chi connectivity index (χ0n) is 17.6. The summed E-state index contributed by atoms with van der Waals surface area (Å²) in [4.78, 5) is 27.3. The molecule has 3 aromatic rings. The number of hydrogen-bond donors (Lipinski definition) is 1. The number of benzene rings is 2. The number of furan rings is 1. The van der Waals surface area contributed by atoms with E-state index in [1.165, 1.54) is 0 Å². The van der Waals surface area contributed by atoms with Crippen molar-refractivity contribution in [1.29, 1.82) is 0 Å². The van der Waals surface area contributed by atoms with Crippen LogP contribution in [0.1, 0.15) is 34.5 Å². The Balaban J connectivity index is 1.25. The van der Waals surface area contributed by atoms with Crippen LogP contribution in [0.2, 0.25) is 0 Å². The van der Waals surface area contributed by atoms with Crippen molar-refractivity contribution in [2.45, 2.75) is 26.1 Å². The minimum Gasteiger partial charge on any atom is -0.467 e. The monoisotopic (exact) mass is 496 g/mol. The highest BCUT2D eigenvalue weighted by Gasteiger charge is 2.28. The minimum absolute atomic E-state index is 0.00519. The molecule has 1 fully saturated rings. The molecule has 2 aromatic carbocycles. The summed E-state index contributed by atoms with van der Waals surface area (Å²) in [7, 11) is 0. The average Bonchev–Trinajstić information content (AvgIpc) is 3.33. The Hall–Kier alpha value is -2.90. The summed E-state index contributed by atoms with van der Waals surface area (Å²) < 4.78 is 11.9. The highest BCUT2D eigenvalue weighted by molar-refractivity contribution is 9.10. The number of rotatable bonds is 7. The number of ether oxygens (including phenoxy) is 1. The summed E-state index contributed by atoms with van der Waals surface area (Å²) >= 11 is 3.39. The van der Waals surface area contributed by atoms with Gasteiger partial charge in [0.15, 0.2) is 0 Å². The van der Waals surface area contributed by atoms with Gasteiger partial charge in [-0.15, -0.1) is 0 Å². The predicted molar refractivity (Wildman–Crippen MR) is 125 cm³/mol. The number of anilines is 1. The number of piperidine rings is 1. The molecule has 4 rings (SSSR count). The fraction of sp³-hybridized carbons (Fsp3) is 0.280. The molecule has 1 N–H and O–H groups in total. The maximum atomic E-state index is 12.8. The Bertz CT molecular complexity index is 1040. The molecule has 0 aliphatic carbocycles. The molecule has 0 saturated carbocycles. The lowest BCUT2D eigenvalue weighted by Crippen LogP contribution is -2.41. The summed E-state index contributed by atoms with van der Waals surface area (Å²) in [5.41, 5.74) is 2.40. The van der Waals surface area contributed by atoms with Gasteiger partial charge in [0.05, 0.1) is 12.9 Å². The van der Waals surface area contributed by atoms with E-state index in [0.29, 0.717) is 44.7 Å². The fourth-order valence-corrected chi connectivity index (χ4v) is 4.03. The molecule has 2 heterocycles. The van der Waals surface area contributed by atoms with E-state index >= 15 is 0 Å². The second-order valence-corrected chi connectivity index (χ2v) is 8.75. The summed E-state index contributed by atoms with van der Waals surface area (Å²) in [6, 6.07) is 18.7. The predicted octanol–water partition coefficient (Wildman–Crippen LogP) is 5.25. The lowest BCUT2D eigenvalue weighted by Gasteiger charge is -2.31. The highest BCUT2D eigenvalue weighted by atomic mass is 79.9. The van der Waals surface area contributed by atoms with E-state index in [-0.39, 0.29) is 17.7 Å². The van der Waals surface area contributed by atoms with Crippen LogP contribution in [0.25, 0.3) is 0 Å². The molecule has 0 atom stereocenters. The fourth-order valence-electron chi connectivity index (χ4n) is 3.77. The summed E-state index contributed by atoms with van der Waals surface area (Å²) in [5.74, 6) is 0.676. The Morgan fingerprint density at radius 2 is 1.81 bits per heavy atom. The van der Waals surface area contributed by atoms with E-state index in [2.05, 4.69) is 21.2 Å². The van der Waals surface area contributed by atoms with Crippen molar-refractivity contribution in [2.24, 2.45) is 5.92 Å². The summed E-state index contributed by atoms with van der Waals surface area (Å²) in [6.45, 7) is 1.99. The van der Waals surface area contributed by atoms with Crippen LogP contribution >= 0.6 is 15.9 Å². The topological polar surface area (TPSA) is 71.8 Å². The van der Waals surface area contributed by atoms with Crippen LogP contribution in [-0.2, 0) is 22.7 Å². The second-order valence-electron chi connectivity index (χ2n) is 7.84. The van der Waals surface area contributed by atoms with Crippen molar-refractivity contribution in [2.75, 3.05) is 18.4 Å². The van der Waals surface area contributed by atoms with Crippen LogP contribution in [-0.4, -0.2) is 29.8 Å². The number of nitrogens with one attached hydrogen (secondary N) is 1. The van der Waals surface area contributed by atoms with Gasteiger partial charge in [0.1, 0.15) is 12.4 Å². The molecule has 1 saturated heterocycles. The van der Waals surface area contributed by atoms with Gasteiger partial charge in [-0.25, -0.2) is 0 Å². The Labute approximate surface area is 195 Å². The number of carbonyl (C=O) groups is 2. The lowest BCUT2D eigenvalue weighted by atomic mass is 9.95. The Kier molecular flexibility index (Phi) is 7.39. The van der Waals surface area contributed by atoms with Crippen LogP contribution in [0.5, 0.6) is 0 Å². The summed E-state index contributed by atoms with van der Waals surface area (Å²) in [6.07, 6.45) is 2.93. The van der Waals surface area contributed by atoms with Gasteiger partial charge in [-0.2, -0.15) is 0 Å². The van der Waals surface area contributed by atoms with Gasteiger partial charge in [0.25, 0.3) is 5.91 Å². The largest absolute Gasteiger partial charge is 0.467 e. The number of likely N-dealkylation sites (tertiary alicyclic amines) is 1. The van der Waals surface area contributed by atoms with Crippen LogP contribution < -0.4 is 5.32 Å². The van der Waals surface area contributed by atoms with E-state index in [1.807, 2.05) is 65.6 Å². The van der Waals surface area contributed by atoms with Gasteiger partial charge in [-0.3, -0.25) is 9.59 Å². The molecule has 7 heteroatoms. The smallest absolute Gasteiger partial charge is 0.253 e. The van der Waals surface area contributed by atoms with Gasteiger partial charge in [0.2, 0.25) is 5.91 Å². The van der Waals surface area contributed by atoms with E-state index in [0.717, 1.165) is 21.5 Å². The number of nitrogens with zero attached hydrogens (tertiary/aromatic N) is 1. The number of amides is 2. The second kappa shape index (κ2) is 10.6. The van der Waals surface area contributed by atoms with Gasteiger partial charge in [-0.05, 0) is 66.9 Å². The Morgan fingerprint density at radius 1 is 1.03 bits per heavy atom. The zero-order chi connectivity index (χ0) is 22.3. The average molecular weight is 497 g/mol. The van der Waals surface area contributed by atoms with Crippen molar-refractivity contribution < 1.29 is 18.7 Å². The molecular weight excluding hydrogens is 472 g/mol. The molecule has 1 aromatic heterocycles. The van der Waals surface area contributed by atoms with Crippen molar-refractivity contribution >= 4 is 33.4 Å². The maximum Gasteiger partial charge on any atom is 0.253 e. The first-order valence-corrected chi connectivity index (χ1v) is 11.4. The van der Waals surface area contributed by atoms with Crippen LogP contribution in [0, 0.1) is 5.92 Å². The quantitative estimate of drug-likeness (QED) is 0.484. The molecular formula is C25H25BrN2O4. The SMILES string of the molecule is O=C(Nc1cccc(COCc2ccco2)c1)C1CCN(C(=O)c2ccc(Br)cc2)CC1. The molecule has 2 amide bonds. The third-order valence-electron chi connectivity index (χ3n) is 5.53. The first kappa shape index (κ1) is 22.3. The number of hydrogen-bond acceptors (Lipinski definition) is 4. The molecule has 6 nitrogen and oxygen atoms in total. The van der Waals surface area contributed by atoms with Gasteiger partial charge >= 0.3 is 0 Å². The molecule has 0 radical (unpaired) electrons. The van der Waals surface area contributed by atoms with Crippen molar-refractivity contribution in [3.63, 3.8) is 0 Å². The molecule has 1 aliphatic heterocycles. The standard InChI is InChI=1S/C25H25BrN2O4/c26-21-8-6-20(7-9-21)25(30)28-12-10-19(11-13-28)24(29)27-22-4-1-3-18(15-22)16-31-17-23-5-2-14-32-23/h1-9,14-15,19H,10-13,16-17H2,(H,27,29). The van der Waals surface area contributed by atoms with Crippen LogP contribution in [0.15, 0.2) is 75.8 Å². The Morgan fingerprint density at radius 3 is 2.53 bits per heavy atom. The molecule has 32 heavy (non-hydrogen) atoms. The van der Waals surface area contributed by atoms with Crippen LogP contribution in [0.4, 0.5) is 5.69 Å². The number of carbonyl (C=O) groups excluding carboxylic acids is 2. The third-order valence-corrected chi connectivity index (χ3v) is 6.06. The summed E-state index contributed by atoms with van der Waals surface area (Å²) in [5, 5.41) is 3.02. The highest BCUT2D eigenvalue weighted by Crippen LogP contribution is 2.22. The van der Waals surface area contributed by atoms with Gasteiger partial charge in [0, 0.05) is 34.7 Å². The molecule has 0 spiro atoms. The van der Waals surface area contributed by atoms with Crippen molar-refractivity contribution in [3.8, 4) is 0 Å². The third kappa shape index (κ3) is 5.87. The molecule has 1 aliphatic rings. The number of halogens is 1. The zero-order valence-corrected chi connectivity index (χ0v) is 19.2.